The summed E-state index contributed by atoms with van der Waals surface area (Å²) in [4.78, 5) is 12.5. The summed E-state index contributed by atoms with van der Waals surface area (Å²) in [7, 11) is -3.77. The minimum atomic E-state index is -3.77. The zero-order valence-electron chi connectivity index (χ0n) is 14.3. The molecule has 0 radical (unpaired) electrons. The molecule has 2 aromatic carbocycles. The van der Waals surface area contributed by atoms with Crippen LogP contribution in [0, 0.1) is 12.7 Å². The number of sulfonamides is 1. The van der Waals surface area contributed by atoms with Crippen molar-refractivity contribution in [3.8, 4) is 0 Å². The third-order valence-electron chi connectivity index (χ3n) is 3.69. The number of carbonyl (C=O) groups excluding carboxylic acids is 1. The van der Waals surface area contributed by atoms with Crippen LogP contribution in [0.4, 0.5) is 15.8 Å². The van der Waals surface area contributed by atoms with Gasteiger partial charge in [0.05, 0.1) is 17.0 Å². The van der Waals surface area contributed by atoms with Gasteiger partial charge in [-0.15, -0.1) is 0 Å². The van der Waals surface area contributed by atoms with Crippen LogP contribution in [0.3, 0.4) is 0 Å². The van der Waals surface area contributed by atoms with Gasteiger partial charge in [-0.2, -0.15) is 0 Å². The summed E-state index contributed by atoms with van der Waals surface area (Å²) in [5, 5.41) is 2.76. The maximum absolute atomic E-state index is 13.2. The van der Waals surface area contributed by atoms with Crippen molar-refractivity contribution in [2.24, 2.45) is 0 Å². The Balaban J connectivity index is 2.34. The first-order chi connectivity index (χ1) is 12.0. The molecule has 1 amide bonds. The van der Waals surface area contributed by atoms with E-state index in [9.17, 15) is 17.6 Å². The van der Waals surface area contributed by atoms with Crippen LogP contribution in [-0.2, 0) is 14.8 Å². The second kappa shape index (κ2) is 7.82. The highest BCUT2D eigenvalue weighted by Gasteiger charge is 2.29. The summed E-state index contributed by atoms with van der Waals surface area (Å²) in [6, 6.07) is 7.33. The van der Waals surface area contributed by atoms with E-state index < -0.39 is 27.8 Å². The smallest absolute Gasteiger partial charge is 0.247 e. The monoisotopic (exact) mass is 418 g/mol. The fraction of sp³-hybridized carbons (Fsp3) is 0.235. The number of halogens is 3. The Labute approximate surface area is 161 Å². The van der Waals surface area contributed by atoms with Gasteiger partial charge >= 0.3 is 0 Å². The van der Waals surface area contributed by atoms with E-state index in [1.807, 2.05) is 0 Å². The molecule has 0 saturated heterocycles. The van der Waals surface area contributed by atoms with Gasteiger partial charge in [0, 0.05) is 10.7 Å². The number of carbonyl (C=O) groups is 1. The Kier molecular flexibility index (Phi) is 6.16. The second-order valence-corrected chi connectivity index (χ2v) is 8.46. The van der Waals surface area contributed by atoms with E-state index >= 15 is 0 Å². The molecular weight excluding hydrogens is 402 g/mol. The van der Waals surface area contributed by atoms with Crippen molar-refractivity contribution < 1.29 is 17.6 Å². The second-order valence-electron chi connectivity index (χ2n) is 5.79. The largest absolute Gasteiger partial charge is 0.324 e. The lowest BCUT2D eigenvalue weighted by Crippen LogP contribution is -2.45. The van der Waals surface area contributed by atoms with Crippen molar-refractivity contribution in [1.29, 1.82) is 0 Å². The molecule has 26 heavy (non-hydrogen) atoms. The molecule has 140 valence electrons. The summed E-state index contributed by atoms with van der Waals surface area (Å²) in [5.74, 6) is -1.22. The van der Waals surface area contributed by atoms with Gasteiger partial charge in [-0.3, -0.25) is 9.10 Å². The van der Waals surface area contributed by atoms with Crippen LogP contribution in [-0.4, -0.2) is 26.6 Å². The van der Waals surface area contributed by atoms with Gasteiger partial charge in [0.15, 0.2) is 0 Å². The van der Waals surface area contributed by atoms with Crippen molar-refractivity contribution >= 4 is 50.5 Å². The number of anilines is 2. The Morgan fingerprint density at radius 2 is 1.81 bits per heavy atom. The Hall–Kier alpha value is -1.83. The van der Waals surface area contributed by atoms with E-state index in [4.69, 9.17) is 23.2 Å². The topological polar surface area (TPSA) is 66.5 Å². The highest BCUT2D eigenvalue weighted by Crippen LogP contribution is 2.27. The van der Waals surface area contributed by atoms with Crippen molar-refractivity contribution in [2.75, 3.05) is 15.9 Å². The molecule has 1 atom stereocenters. The molecule has 0 heterocycles. The molecule has 0 fully saturated rings. The van der Waals surface area contributed by atoms with Crippen molar-refractivity contribution in [1.82, 2.24) is 0 Å². The standard InChI is InChI=1S/C17H17Cl2FN2O3S/c1-10-4-6-13(9-14(10)18)22(26(3,24)25)11(2)17(23)21-12-5-7-16(20)15(19)8-12/h4-9,11H,1-3H3,(H,21,23)/t11-/m0/s1. The molecule has 0 aliphatic heterocycles. The SMILES string of the molecule is Cc1ccc(N([C@@H](C)C(=O)Nc2ccc(F)c(Cl)c2)S(C)(=O)=O)cc1Cl. The number of hydrogen-bond acceptors (Lipinski definition) is 3. The minimum absolute atomic E-state index is 0.152. The van der Waals surface area contributed by atoms with Gasteiger partial charge in [0.1, 0.15) is 11.9 Å². The number of amides is 1. The maximum Gasteiger partial charge on any atom is 0.247 e. The van der Waals surface area contributed by atoms with E-state index in [2.05, 4.69) is 5.32 Å². The fourth-order valence-electron chi connectivity index (χ4n) is 2.35. The number of benzene rings is 2. The molecule has 0 bridgehead atoms. The van der Waals surface area contributed by atoms with Gasteiger partial charge in [-0.25, -0.2) is 12.8 Å². The van der Waals surface area contributed by atoms with Crippen LogP contribution in [0.25, 0.3) is 0 Å². The maximum atomic E-state index is 13.2. The Morgan fingerprint density at radius 3 is 2.35 bits per heavy atom. The zero-order chi connectivity index (χ0) is 19.6. The van der Waals surface area contributed by atoms with E-state index in [0.717, 1.165) is 22.2 Å². The number of rotatable bonds is 5. The van der Waals surface area contributed by atoms with Crippen LogP contribution in [0.1, 0.15) is 12.5 Å². The Morgan fingerprint density at radius 1 is 1.15 bits per heavy atom. The highest BCUT2D eigenvalue weighted by atomic mass is 35.5. The van der Waals surface area contributed by atoms with E-state index in [0.29, 0.717) is 5.02 Å². The lowest BCUT2D eigenvalue weighted by Gasteiger charge is -2.28. The van der Waals surface area contributed by atoms with Crippen LogP contribution in [0.5, 0.6) is 0 Å². The molecule has 9 heteroatoms. The van der Waals surface area contributed by atoms with Crippen molar-refractivity contribution in [3.05, 3.63) is 57.8 Å². The Bertz CT molecular complexity index is 951. The predicted molar refractivity (Wildman–Crippen MR) is 103 cm³/mol. The van der Waals surface area contributed by atoms with Gasteiger partial charge in [0.25, 0.3) is 0 Å². The first-order valence-electron chi connectivity index (χ1n) is 7.52. The molecule has 0 spiro atoms. The van der Waals surface area contributed by atoms with Crippen molar-refractivity contribution in [2.45, 2.75) is 19.9 Å². The average molecular weight is 419 g/mol. The molecular formula is C17H17Cl2FN2O3S. The van der Waals surface area contributed by atoms with Crippen LogP contribution >= 0.6 is 23.2 Å². The first-order valence-corrected chi connectivity index (χ1v) is 10.1. The lowest BCUT2D eigenvalue weighted by atomic mass is 10.2. The van der Waals surface area contributed by atoms with E-state index in [-0.39, 0.29) is 16.4 Å². The fourth-order valence-corrected chi connectivity index (χ4v) is 3.87. The number of nitrogens with zero attached hydrogens (tertiary/aromatic N) is 1. The number of hydrogen-bond donors (Lipinski definition) is 1. The quantitative estimate of drug-likeness (QED) is 0.789. The summed E-state index contributed by atoms with van der Waals surface area (Å²) >= 11 is 11.8. The first kappa shape index (κ1) is 20.5. The third kappa shape index (κ3) is 4.66. The molecule has 1 N–H and O–H groups in total. The minimum Gasteiger partial charge on any atom is -0.324 e. The van der Waals surface area contributed by atoms with Crippen LogP contribution < -0.4 is 9.62 Å². The zero-order valence-corrected chi connectivity index (χ0v) is 16.6. The predicted octanol–water partition coefficient (Wildman–Crippen LogP) is 4.23. The summed E-state index contributed by atoms with van der Waals surface area (Å²) in [5.41, 5.74) is 1.30. The molecule has 0 aromatic heterocycles. The normalized spacial score (nSPS) is 12.5. The number of nitrogens with one attached hydrogen (secondary N) is 1. The van der Waals surface area contributed by atoms with E-state index in [1.54, 1.807) is 19.1 Å². The van der Waals surface area contributed by atoms with E-state index in [1.165, 1.54) is 25.1 Å². The third-order valence-corrected chi connectivity index (χ3v) is 5.62. The molecule has 5 nitrogen and oxygen atoms in total. The summed E-state index contributed by atoms with van der Waals surface area (Å²) in [6.45, 7) is 3.22. The van der Waals surface area contributed by atoms with Gasteiger partial charge in [-0.05, 0) is 49.7 Å². The number of aryl methyl sites for hydroxylation is 1. The molecule has 0 unspecified atom stereocenters. The van der Waals surface area contributed by atoms with Crippen molar-refractivity contribution in [3.63, 3.8) is 0 Å². The van der Waals surface area contributed by atoms with Gasteiger partial charge in [0.2, 0.25) is 15.9 Å². The average Bonchev–Trinajstić information content (AvgIpc) is 2.53. The molecule has 0 aliphatic rings. The lowest BCUT2D eigenvalue weighted by molar-refractivity contribution is -0.116. The summed E-state index contributed by atoms with van der Waals surface area (Å²) in [6.07, 6.45) is 0.999. The van der Waals surface area contributed by atoms with Crippen LogP contribution in [0.15, 0.2) is 36.4 Å². The molecule has 0 saturated carbocycles. The summed E-state index contributed by atoms with van der Waals surface area (Å²) < 4.78 is 38.7. The molecule has 0 aliphatic carbocycles. The van der Waals surface area contributed by atoms with Gasteiger partial charge in [-0.1, -0.05) is 29.3 Å². The van der Waals surface area contributed by atoms with Crippen LogP contribution in [0.2, 0.25) is 10.0 Å². The highest BCUT2D eigenvalue weighted by molar-refractivity contribution is 7.92. The van der Waals surface area contributed by atoms with Gasteiger partial charge < -0.3 is 5.32 Å². The molecule has 2 rings (SSSR count). The molecule has 2 aromatic rings.